The van der Waals surface area contributed by atoms with Crippen molar-refractivity contribution in [2.24, 2.45) is 0 Å². The molecule has 0 fully saturated rings. The molecule has 0 aliphatic carbocycles. The maximum Gasteiger partial charge on any atom is 0.246 e. The van der Waals surface area contributed by atoms with Crippen LogP contribution in [0.4, 0.5) is 0 Å². The summed E-state index contributed by atoms with van der Waals surface area (Å²) in [6, 6.07) is 0. The summed E-state index contributed by atoms with van der Waals surface area (Å²) in [4.78, 5) is 11.4. The van der Waals surface area contributed by atoms with Crippen molar-refractivity contribution in [1.82, 2.24) is 5.32 Å². The number of nitrogens with zero attached hydrogens (tertiary/aromatic N) is 1. The van der Waals surface area contributed by atoms with Crippen LogP contribution in [-0.4, -0.2) is 62.8 Å². The molecule has 6 nitrogen and oxygen atoms in total. The van der Waals surface area contributed by atoms with Gasteiger partial charge >= 0.3 is 0 Å². The Morgan fingerprint density at radius 3 is 2.04 bits per heavy atom. The lowest BCUT2D eigenvalue weighted by atomic mass is 10.1. The minimum atomic E-state index is -4.05. The highest BCUT2D eigenvalue weighted by atomic mass is 32.2. The van der Waals surface area contributed by atoms with Crippen LogP contribution in [0.15, 0.2) is 12.2 Å². The minimum Gasteiger partial charge on any atom is -0.748 e. The van der Waals surface area contributed by atoms with Crippen molar-refractivity contribution in [1.29, 1.82) is 0 Å². The molecule has 7 heteroatoms. The molecule has 0 atom stereocenters. The third kappa shape index (κ3) is 14.7. The van der Waals surface area contributed by atoms with E-state index in [2.05, 4.69) is 26.0 Å². The number of hydrogen-bond acceptors (Lipinski definition) is 4. The number of rotatable bonds is 14. The number of carbonyl (C=O) groups is 1. The van der Waals surface area contributed by atoms with E-state index in [4.69, 9.17) is 0 Å². The first-order valence-electron chi connectivity index (χ1n) is 8.73. The van der Waals surface area contributed by atoms with Crippen LogP contribution in [0, 0.1) is 0 Å². The number of hydrogen-bond donors (Lipinski definition) is 1. The highest BCUT2D eigenvalue weighted by molar-refractivity contribution is 7.85. The summed E-state index contributed by atoms with van der Waals surface area (Å²) in [5.74, 6) is -0.316. The van der Waals surface area contributed by atoms with Gasteiger partial charge < -0.3 is 14.4 Å². The van der Waals surface area contributed by atoms with Gasteiger partial charge in [-0.3, -0.25) is 4.79 Å². The third-order valence-electron chi connectivity index (χ3n) is 4.02. The highest BCUT2D eigenvalue weighted by Gasteiger charge is 2.14. The molecule has 1 N–H and O–H groups in total. The van der Waals surface area contributed by atoms with Crippen molar-refractivity contribution < 1.29 is 22.2 Å². The van der Waals surface area contributed by atoms with Crippen LogP contribution in [-0.2, 0) is 14.9 Å². The predicted molar refractivity (Wildman–Crippen MR) is 96.5 cm³/mol. The topological polar surface area (TPSA) is 86.3 Å². The average molecular weight is 363 g/mol. The van der Waals surface area contributed by atoms with E-state index >= 15 is 0 Å². The molecule has 0 saturated heterocycles. The van der Waals surface area contributed by atoms with E-state index in [9.17, 15) is 17.8 Å². The Labute approximate surface area is 147 Å². The molecule has 0 aliphatic heterocycles. The van der Waals surface area contributed by atoms with Crippen LogP contribution in [0.2, 0.25) is 0 Å². The second kappa shape index (κ2) is 11.6. The van der Waals surface area contributed by atoms with Gasteiger partial charge in [0.1, 0.15) is 0 Å². The van der Waals surface area contributed by atoms with Gasteiger partial charge in [0.15, 0.2) is 0 Å². The highest BCUT2D eigenvalue weighted by Crippen LogP contribution is 2.09. The Morgan fingerprint density at radius 2 is 1.50 bits per heavy atom. The lowest BCUT2D eigenvalue weighted by Crippen LogP contribution is -2.42. The molecule has 0 heterocycles. The summed E-state index contributed by atoms with van der Waals surface area (Å²) in [5.41, 5.74) is 0.539. The summed E-state index contributed by atoms with van der Waals surface area (Å²) in [6.07, 6.45) is 6.54. The van der Waals surface area contributed by atoms with Crippen LogP contribution in [0.5, 0.6) is 0 Å². The van der Waals surface area contributed by atoms with Crippen LogP contribution in [0.1, 0.15) is 51.9 Å². The zero-order valence-corrected chi connectivity index (χ0v) is 16.3. The van der Waals surface area contributed by atoms with Crippen molar-refractivity contribution >= 4 is 16.0 Å². The van der Waals surface area contributed by atoms with Gasteiger partial charge in [-0.15, -0.1) is 0 Å². The number of carbonyl (C=O) groups excluding carboxylic acids is 1. The molecule has 0 spiro atoms. The predicted octanol–water partition coefficient (Wildman–Crippen LogP) is 2.03. The first kappa shape index (κ1) is 23.1. The fraction of sp³-hybridized carbons (Fsp3) is 0.824. The molecule has 142 valence electrons. The maximum absolute atomic E-state index is 11.4. The van der Waals surface area contributed by atoms with Crippen LogP contribution >= 0.6 is 0 Å². The van der Waals surface area contributed by atoms with Crippen molar-refractivity contribution in [3.63, 3.8) is 0 Å². The first-order chi connectivity index (χ1) is 11.0. The smallest absolute Gasteiger partial charge is 0.246 e. The van der Waals surface area contributed by atoms with Crippen molar-refractivity contribution in [3.05, 3.63) is 12.2 Å². The Morgan fingerprint density at radius 1 is 1.00 bits per heavy atom. The first-order valence-corrected chi connectivity index (χ1v) is 10.3. The Bertz CT molecular complexity index is 487. The molecule has 0 rings (SSSR count). The van der Waals surface area contributed by atoms with E-state index < -0.39 is 10.1 Å². The Hall–Kier alpha value is -0.920. The molecular weight excluding hydrogens is 328 g/mol. The Balaban J connectivity index is 3.60. The monoisotopic (exact) mass is 362 g/mol. The second-order valence-electron chi connectivity index (χ2n) is 7.16. The van der Waals surface area contributed by atoms with E-state index in [1.165, 1.54) is 0 Å². The molecule has 0 saturated carbocycles. The van der Waals surface area contributed by atoms with E-state index in [1.54, 1.807) is 6.92 Å². The summed E-state index contributed by atoms with van der Waals surface area (Å²) < 4.78 is 32.3. The van der Waals surface area contributed by atoms with Crippen LogP contribution in [0.25, 0.3) is 0 Å². The van der Waals surface area contributed by atoms with E-state index in [1.807, 2.05) is 0 Å². The van der Waals surface area contributed by atoms with Crippen LogP contribution < -0.4 is 5.32 Å². The van der Waals surface area contributed by atoms with Gasteiger partial charge in [0.05, 0.1) is 37.3 Å². The van der Waals surface area contributed by atoms with Gasteiger partial charge in [-0.05, 0) is 26.2 Å². The van der Waals surface area contributed by atoms with Gasteiger partial charge in [-0.1, -0.05) is 25.8 Å². The lowest BCUT2D eigenvalue weighted by molar-refractivity contribution is -0.890. The van der Waals surface area contributed by atoms with Gasteiger partial charge in [0.25, 0.3) is 0 Å². The molecule has 0 aromatic heterocycles. The molecular formula is C17H34N2O4S. The zero-order chi connectivity index (χ0) is 18.6. The van der Waals surface area contributed by atoms with E-state index in [-0.39, 0.29) is 11.7 Å². The van der Waals surface area contributed by atoms with Crippen LogP contribution in [0.3, 0.4) is 0 Å². The van der Waals surface area contributed by atoms with E-state index in [0.29, 0.717) is 18.5 Å². The normalized spacial score (nSPS) is 12.2. The number of unbranched alkanes of at least 4 members (excludes halogenated alkanes) is 5. The lowest BCUT2D eigenvalue weighted by Gasteiger charge is -2.30. The second-order valence-corrected chi connectivity index (χ2v) is 8.68. The number of amides is 1. The Kier molecular flexibility index (Phi) is 11.2. The molecule has 0 aliphatic rings. The molecule has 0 bridgehead atoms. The summed E-state index contributed by atoms with van der Waals surface area (Å²) in [7, 11) is 0.342. The molecule has 0 aromatic carbocycles. The van der Waals surface area contributed by atoms with E-state index in [0.717, 1.165) is 56.1 Å². The maximum atomic E-state index is 11.4. The van der Waals surface area contributed by atoms with Gasteiger partial charge in [0.2, 0.25) is 5.91 Å². The summed E-state index contributed by atoms with van der Waals surface area (Å²) in [5, 5.41) is 2.85. The fourth-order valence-electron chi connectivity index (χ4n) is 2.50. The standard InChI is InChI=1S/C17H34N2O4S/c1-16(2)17(20)18-12-11-14-19(3,4)13-9-7-5-6-8-10-15-24(21,22)23/h1,5-15H2,2-4H3,(H-,18,20,21,22,23). The van der Waals surface area contributed by atoms with Gasteiger partial charge in [-0.25, -0.2) is 8.42 Å². The quantitative estimate of drug-likeness (QED) is 0.222. The SMILES string of the molecule is C=C(C)C(=O)NCCC[N+](C)(C)CCCCCCCCS(=O)(=O)[O-]. The number of quaternary nitrogens is 1. The van der Waals surface area contributed by atoms with Crippen molar-refractivity contribution in [3.8, 4) is 0 Å². The van der Waals surface area contributed by atoms with Gasteiger partial charge in [0, 0.05) is 24.3 Å². The molecule has 24 heavy (non-hydrogen) atoms. The number of nitrogens with one attached hydrogen (secondary N) is 1. The third-order valence-corrected chi connectivity index (χ3v) is 4.81. The van der Waals surface area contributed by atoms with Gasteiger partial charge in [-0.2, -0.15) is 0 Å². The zero-order valence-electron chi connectivity index (χ0n) is 15.5. The molecule has 1 amide bonds. The summed E-state index contributed by atoms with van der Waals surface area (Å²) >= 11 is 0. The minimum absolute atomic E-state index is 0.0786. The van der Waals surface area contributed by atoms with Crippen molar-refractivity contribution in [2.75, 3.05) is 39.5 Å². The molecule has 0 radical (unpaired) electrons. The fourth-order valence-corrected chi connectivity index (χ4v) is 3.06. The largest absolute Gasteiger partial charge is 0.748 e. The molecule has 0 unspecified atom stereocenters. The molecule has 0 aromatic rings. The average Bonchev–Trinajstić information content (AvgIpc) is 2.44. The summed E-state index contributed by atoms with van der Waals surface area (Å²) in [6.45, 7) is 8.09. The van der Waals surface area contributed by atoms with Crippen molar-refractivity contribution in [2.45, 2.75) is 51.9 Å².